The molecule has 0 amide bonds. The number of imidazole rings is 1. The number of aromatic nitrogens is 6. The lowest BCUT2D eigenvalue weighted by atomic mass is 9.61. The number of anilines is 1. The number of H-pyrrole nitrogens is 1. The van der Waals surface area contributed by atoms with Crippen LogP contribution in [0.5, 0.6) is 0 Å². The van der Waals surface area contributed by atoms with Crippen LogP contribution in [0.15, 0.2) is 30.9 Å². The van der Waals surface area contributed by atoms with Gasteiger partial charge in [-0.2, -0.15) is 0 Å². The first-order valence-electron chi connectivity index (χ1n) is 10.4. The van der Waals surface area contributed by atoms with Crippen LogP contribution >= 0.6 is 0 Å². The Kier molecular flexibility index (Phi) is 3.95. The van der Waals surface area contributed by atoms with Crippen molar-refractivity contribution in [3.8, 4) is 11.4 Å². The van der Waals surface area contributed by atoms with Crippen LogP contribution in [0, 0.1) is 23.6 Å². The molecule has 7 rings (SSSR count). The van der Waals surface area contributed by atoms with Crippen molar-refractivity contribution in [2.75, 3.05) is 5.32 Å². The van der Waals surface area contributed by atoms with Gasteiger partial charge in [0, 0.05) is 35.6 Å². The van der Waals surface area contributed by atoms with Gasteiger partial charge in [-0.15, -0.1) is 5.10 Å². The largest absolute Gasteiger partial charge is 0.481 e. The van der Waals surface area contributed by atoms with E-state index < -0.39 is 17.7 Å². The van der Waals surface area contributed by atoms with E-state index >= 15 is 0 Å². The molecule has 0 radical (unpaired) electrons. The Hall–Kier alpha value is -3.56. The summed E-state index contributed by atoms with van der Waals surface area (Å²) in [4.78, 5) is 28.2. The standard InChI is InChI=1S/C21H20FN7O2/c22-12-7-13-14(9-25-17(13)24-8-12)18-27-19(20-23-5-6-29(20)28-18)26-16-11-3-1-10(2-4-11)15(16)21(30)31/h5-11,15-16H,1-4H2,(H,24,25)(H,30,31)(H,26,27,28)/t10?,11?,15-,16-/m1/s1. The summed E-state index contributed by atoms with van der Waals surface area (Å²) in [5.41, 5.74) is 1.68. The van der Waals surface area contributed by atoms with E-state index in [0.29, 0.717) is 33.9 Å². The molecule has 2 bridgehead atoms. The smallest absolute Gasteiger partial charge is 0.308 e. The molecule has 158 valence electrons. The van der Waals surface area contributed by atoms with Crippen LogP contribution in [0.25, 0.3) is 28.1 Å². The summed E-state index contributed by atoms with van der Waals surface area (Å²) in [7, 11) is 0. The number of carboxylic acid groups (broad SMARTS) is 1. The quantitative estimate of drug-likeness (QED) is 0.463. The number of fused-ring (bicyclic) bond motifs is 5. The number of nitrogens with zero attached hydrogens (tertiary/aromatic N) is 5. The Labute approximate surface area is 175 Å². The molecule has 3 saturated carbocycles. The fourth-order valence-electron chi connectivity index (χ4n) is 5.37. The molecule has 4 aromatic heterocycles. The van der Waals surface area contributed by atoms with Gasteiger partial charge in [0.05, 0.1) is 12.1 Å². The summed E-state index contributed by atoms with van der Waals surface area (Å²) in [6.07, 6.45) is 10.1. The zero-order chi connectivity index (χ0) is 21.1. The second-order valence-corrected chi connectivity index (χ2v) is 8.44. The number of aromatic amines is 1. The number of carboxylic acids is 1. The maximum atomic E-state index is 13.8. The Morgan fingerprint density at radius 1 is 1.23 bits per heavy atom. The molecule has 3 fully saturated rings. The number of pyridine rings is 1. The van der Waals surface area contributed by atoms with Crippen molar-refractivity contribution in [1.29, 1.82) is 0 Å². The average Bonchev–Trinajstić information content (AvgIpc) is 3.41. The highest BCUT2D eigenvalue weighted by Gasteiger charge is 2.47. The molecular weight excluding hydrogens is 401 g/mol. The van der Waals surface area contributed by atoms with Gasteiger partial charge in [-0.3, -0.25) is 4.79 Å². The van der Waals surface area contributed by atoms with Crippen molar-refractivity contribution in [1.82, 2.24) is 29.5 Å². The second kappa shape index (κ2) is 6.73. The number of aliphatic carboxylic acids is 1. The van der Waals surface area contributed by atoms with Crippen LogP contribution in [0.2, 0.25) is 0 Å². The fraction of sp³-hybridized carbons (Fsp3) is 0.381. The van der Waals surface area contributed by atoms with Crippen molar-refractivity contribution in [2.24, 2.45) is 17.8 Å². The van der Waals surface area contributed by atoms with Gasteiger partial charge in [-0.25, -0.2) is 23.9 Å². The number of carbonyl (C=O) groups is 1. The molecule has 4 aromatic rings. The Morgan fingerprint density at radius 3 is 2.84 bits per heavy atom. The maximum absolute atomic E-state index is 13.8. The molecule has 0 aromatic carbocycles. The first-order chi connectivity index (χ1) is 15.1. The van der Waals surface area contributed by atoms with Crippen molar-refractivity contribution in [2.45, 2.75) is 31.7 Å². The highest BCUT2D eigenvalue weighted by Crippen LogP contribution is 2.46. The third kappa shape index (κ3) is 2.85. The fourth-order valence-corrected chi connectivity index (χ4v) is 5.37. The first-order valence-corrected chi connectivity index (χ1v) is 10.4. The highest BCUT2D eigenvalue weighted by molar-refractivity contribution is 5.91. The summed E-state index contributed by atoms with van der Waals surface area (Å²) in [6.45, 7) is 0. The van der Waals surface area contributed by atoms with Gasteiger partial charge in [0.1, 0.15) is 11.5 Å². The zero-order valence-electron chi connectivity index (χ0n) is 16.5. The van der Waals surface area contributed by atoms with E-state index in [9.17, 15) is 14.3 Å². The van der Waals surface area contributed by atoms with E-state index in [-0.39, 0.29) is 17.9 Å². The Morgan fingerprint density at radius 2 is 2.03 bits per heavy atom. The predicted octanol–water partition coefficient (Wildman–Crippen LogP) is 3.11. The van der Waals surface area contributed by atoms with Crippen molar-refractivity contribution in [3.05, 3.63) is 36.7 Å². The van der Waals surface area contributed by atoms with Crippen molar-refractivity contribution in [3.63, 3.8) is 0 Å². The van der Waals surface area contributed by atoms with Gasteiger partial charge in [0.2, 0.25) is 0 Å². The van der Waals surface area contributed by atoms with Gasteiger partial charge in [-0.1, -0.05) is 0 Å². The molecule has 9 nitrogen and oxygen atoms in total. The van der Waals surface area contributed by atoms with Gasteiger partial charge in [0.25, 0.3) is 0 Å². The third-order valence-electron chi connectivity index (χ3n) is 6.80. The molecule has 2 atom stereocenters. The molecule has 0 aliphatic heterocycles. The van der Waals surface area contributed by atoms with E-state index in [2.05, 4.69) is 25.4 Å². The van der Waals surface area contributed by atoms with Gasteiger partial charge in [0.15, 0.2) is 17.3 Å². The zero-order valence-corrected chi connectivity index (χ0v) is 16.5. The monoisotopic (exact) mass is 421 g/mol. The average molecular weight is 421 g/mol. The van der Waals surface area contributed by atoms with Crippen LogP contribution in [-0.2, 0) is 4.79 Å². The minimum atomic E-state index is -0.765. The number of rotatable bonds is 4. The molecule has 3 aliphatic rings. The highest BCUT2D eigenvalue weighted by atomic mass is 19.1. The molecule has 3 aliphatic carbocycles. The summed E-state index contributed by atoms with van der Waals surface area (Å²) in [6, 6.07) is 1.18. The lowest BCUT2D eigenvalue weighted by molar-refractivity contribution is -0.148. The Balaban J connectivity index is 1.46. The number of hydrogen-bond donors (Lipinski definition) is 3. The molecule has 0 spiro atoms. The van der Waals surface area contributed by atoms with E-state index in [0.717, 1.165) is 31.9 Å². The van der Waals surface area contributed by atoms with E-state index in [4.69, 9.17) is 4.98 Å². The Bertz CT molecular complexity index is 1310. The topological polar surface area (TPSA) is 121 Å². The van der Waals surface area contributed by atoms with E-state index in [1.165, 1.54) is 6.07 Å². The summed E-state index contributed by atoms with van der Waals surface area (Å²) >= 11 is 0. The summed E-state index contributed by atoms with van der Waals surface area (Å²) in [5, 5.41) is 18.4. The number of nitrogens with one attached hydrogen (secondary N) is 2. The maximum Gasteiger partial charge on any atom is 0.308 e. The lowest BCUT2D eigenvalue weighted by Crippen LogP contribution is -2.51. The molecule has 31 heavy (non-hydrogen) atoms. The molecule has 10 heteroatoms. The third-order valence-corrected chi connectivity index (χ3v) is 6.80. The molecule has 0 unspecified atom stereocenters. The van der Waals surface area contributed by atoms with Crippen LogP contribution in [-0.4, -0.2) is 46.7 Å². The normalized spacial score (nSPS) is 25.3. The predicted molar refractivity (Wildman–Crippen MR) is 110 cm³/mol. The van der Waals surface area contributed by atoms with Crippen LogP contribution in [0.1, 0.15) is 25.7 Å². The second-order valence-electron chi connectivity index (χ2n) is 8.44. The van der Waals surface area contributed by atoms with E-state index in [1.54, 1.807) is 23.1 Å². The van der Waals surface area contributed by atoms with Crippen LogP contribution in [0.4, 0.5) is 10.2 Å². The van der Waals surface area contributed by atoms with Crippen molar-refractivity contribution < 1.29 is 14.3 Å². The summed E-state index contributed by atoms with van der Waals surface area (Å²) in [5.74, 6) is -0.341. The van der Waals surface area contributed by atoms with Gasteiger partial charge >= 0.3 is 5.97 Å². The minimum absolute atomic E-state index is 0.180. The minimum Gasteiger partial charge on any atom is -0.481 e. The summed E-state index contributed by atoms with van der Waals surface area (Å²) < 4.78 is 15.4. The molecular formula is C21H20FN7O2. The first kappa shape index (κ1) is 18.2. The van der Waals surface area contributed by atoms with E-state index in [1.807, 2.05) is 0 Å². The lowest BCUT2D eigenvalue weighted by Gasteiger charge is -2.47. The molecule has 3 N–H and O–H groups in total. The van der Waals surface area contributed by atoms with Crippen molar-refractivity contribution >= 4 is 28.5 Å². The van der Waals surface area contributed by atoms with Gasteiger partial charge in [-0.05, 0) is 43.6 Å². The number of hydrogen-bond acceptors (Lipinski definition) is 6. The van der Waals surface area contributed by atoms with Crippen LogP contribution in [0.3, 0.4) is 0 Å². The van der Waals surface area contributed by atoms with Gasteiger partial charge < -0.3 is 15.4 Å². The molecule has 4 heterocycles. The SMILES string of the molecule is O=C(O)[C@@H]1C2CCC(CC2)[C@H]1Nc1nc(-c2c[nH]c3ncc(F)cc23)nn2ccnc12. The number of halogens is 1. The molecule has 0 saturated heterocycles. The van der Waals surface area contributed by atoms with Crippen LogP contribution < -0.4 is 5.32 Å².